The summed E-state index contributed by atoms with van der Waals surface area (Å²) in [5.74, 6) is 1.78. The third-order valence-corrected chi connectivity index (χ3v) is 4.40. The van der Waals surface area contributed by atoms with Gasteiger partial charge in [-0.25, -0.2) is 0 Å². The molecule has 1 aliphatic heterocycles. The van der Waals surface area contributed by atoms with E-state index in [1.54, 1.807) is 0 Å². The molecule has 1 heterocycles. The van der Waals surface area contributed by atoms with Crippen molar-refractivity contribution < 1.29 is 14.2 Å². The molecule has 0 bridgehead atoms. The van der Waals surface area contributed by atoms with Crippen LogP contribution in [0.15, 0.2) is 4.99 Å². The van der Waals surface area contributed by atoms with E-state index in [4.69, 9.17) is 19.2 Å². The smallest absolute Gasteiger partial charge is 0.193 e. The van der Waals surface area contributed by atoms with Crippen molar-refractivity contribution in [2.45, 2.75) is 45.1 Å². The first-order valence-electron chi connectivity index (χ1n) is 9.56. The molecule has 0 unspecified atom stereocenters. The molecule has 25 heavy (non-hydrogen) atoms. The van der Waals surface area contributed by atoms with Gasteiger partial charge >= 0.3 is 0 Å². The van der Waals surface area contributed by atoms with E-state index in [0.717, 1.165) is 83.8 Å². The summed E-state index contributed by atoms with van der Waals surface area (Å²) >= 11 is 0. The standard InChI is InChI=1S/C18H35N3O3.HI/c1-3-19-18(21(2)10-14-23-15-16-5-6-16)20-9-4-11-24-17-7-12-22-13-8-17;/h16-17H,3-15H2,1-2H3,(H,19,20);1H. The predicted molar refractivity (Wildman–Crippen MR) is 112 cm³/mol. The largest absolute Gasteiger partial charge is 0.381 e. The fraction of sp³-hybridized carbons (Fsp3) is 0.944. The Bertz CT molecular complexity index is 361. The second-order valence-corrected chi connectivity index (χ2v) is 6.71. The average Bonchev–Trinajstić information content (AvgIpc) is 3.42. The van der Waals surface area contributed by atoms with Crippen molar-refractivity contribution in [3.63, 3.8) is 0 Å². The van der Waals surface area contributed by atoms with Gasteiger partial charge in [0.2, 0.25) is 0 Å². The first-order chi connectivity index (χ1) is 11.8. The topological polar surface area (TPSA) is 55.3 Å². The summed E-state index contributed by atoms with van der Waals surface area (Å²) < 4.78 is 16.9. The zero-order valence-corrected chi connectivity index (χ0v) is 18.2. The third kappa shape index (κ3) is 10.6. The molecule has 2 rings (SSSR count). The summed E-state index contributed by atoms with van der Waals surface area (Å²) in [7, 11) is 2.07. The first-order valence-corrected chi connectivity index (χ1v) is 9.56. The second-order valence-electron chi connectivity index (χ2n) is 6.71. The number of likely N-dealkylation sites (N-methyl/N-ethyl adjacent to an activating group) is 1. The van der Waals surface area contributed by atoms with Crippen LogP contribution in [-0.2, 0) is 14.2 Å². The van der Waals surface area contributed by atoms with Crippen molar-refractivity contribution >= 4 is 29.9 Å². The minimum atomic E-state index is 0. The lowest BCUT2D eigenvalue weighted by Crippen LogP contribution is -2.40. The van der Waals surface area contributed by atoms with Crippen molar-refractivity contribution in [1.29, 1.82) is 0 Å². The molecule has 0 atom stereocenters. The number of nitrogens with one attached hydrogen (secondary N) is 1. The lowest BCUT2D eigenvalue weighted by molar-refractivity contribution is -0.0318. The van der Waals surface area contributed by atoms with Crippen LogP contribution in [0.4, 0.5) is 0 Å². The fourth-order valence-corrected chi connectivity index (χ4v) is 2.65. The first kappa shape index (κ1) is 22.9. The van der Waals surface area contributed by atoms with E-state index >= 15 is 0 Å². The molecule has 1 N–H and O–H groups in total. The van der Waals surface area contributed by atoms with Gasteiger partial charge in [0.15, 0.2) is 5.96 Å². The predicted octanol–water partition coefficient (Wildman–Crippen LogP) is 2.51. The minimum absolute atomic E-state index is 0. The van der Waals surface area contributed by atoms with Crippen molar-refractivity contribution in [2.75, 3.05) is 59.7 Å². The van der Waals surface area contributed by atoms with Crippen molar-refractivity contribution in [1.82, 2.24) is 10.2 Å². The van der Waals surface area contributed by atoms with E-state index in [1.165, 1.54) is 12.8 Å². The minimum Gasteiger partial charge on any atom is -0.381 e. The number of ether oxygens (including phenoxy) is 3. The average molecular weight is 469 g/mol. The Morgan fingerprint density at radius 1 is 1.20 bits per heavy atom. The highest BCUT2D eigenvalue weighted by molar-refractivity contribution is 14.0. The fourth-order valence-electron chi connectivity index (χ4n) is 2.65. The summed E-state index contributed by atoms with van der Waals surface area (Å²) in [5.41, 5.74) is 0. The number of nitrogens with zero attached hydrogens (tertiary/aromatic N) is 2. The van der Waals surface area contributed by atoms with Gasteiger partial charge in [-0.3, -0.25) is 4.99 Å². The normalized spacial score (nSPS) is 18.7. The van der Waals surface area contributed by atoms with Crippen molar-refractivity contribution in [2.24, 2.45) is 10.9 Å². The van der Waals surface area contributed by atoms with Crippen LogP contribution in [0, 0.1) is 5.92 Å². The van der Waals surface area contributed by atoms with Crippen LogP contribution < -0.4 is 5.32 Å². The van der Waals surface area contributed by atoms with Crippen LogP contribution in [0.5, 0.6) is 0 Å². The molecule has 6 nitrogen and oxygen atoms in total. The maximum atomic E-state index is 5.89. The highest BCUT2D eigenvalue weighted by Crippen LogP contribution is 2.28. The maximum Gasteiger partial charge on any atom is 0.193 e. The zero-order valence-electron chi connectivity index (χ0n) is 15.9. The molecule has 0 aromatic carbocycles. The van der Waals surface area contributed by atoms with E-state index in [2.05, 4.69) is 24.2 Å². The summed E-state index contributed by atoms with van der Waals surface area (Å²) in [5, 5.41) is 3.35. The van der Waals surface area contributed by atoms with Gasteiger partial charge in [-0.2, -0.15) is 0 Å². The molecular weight excluding hydrogens is 433 g/mol. The molecule has 2 fully saturated rings. The molecule has 1 saturated carbocycles. The van der Waals surface area contributed by atoms with Crippen LogP contribution in [0.2, 0.25) is 0 Å². The lowest BCUT2D eigenvalue weighted by Gasteiger charge is -2.23. The zero-order chi connectivity index (χ0) is 17.0. The Morgan fingerprint density at radius 3 is 2.64 bits per heavy atom. The lowest BCUT2D eigenvalue weighted by atomic mass is 10.1. The summed E-state index contributed by atoms with van der Waals surface area (Å²) in [4.78, 5) is 6.84. The molecular formula is C18H36IN3O3. The summed E-state index contributed by atoms with van der Waals surface area (Å²) in [6, 6.07) is 0. The SMILES string of the molecule is CCNC(=NCCCOC1CCOCC1)N(C)CCOCC1CC1.I. The van der Waals surface area contributed by atoms with E-state index < -0.39 is 0 Å². The number of aliphatic imine (C=N–C) groups is 1. The summed E-state index contributed by atoms with van der Waals surface area (Å²) in [6.07, 6.45) is 6.07. The molecule has 2 aliphatic rings. The molecule has 0 amide bonds. The van der Waals surface area contributed by atoms with Crippen LogP contribution in [-0.4, -0.2) is 76.7 Å². The highest BCUT2D eigenvalue weighted by atomic mass is 127. The maximum absolute atomic E-state index is 5.89. The van der Waals surface area contributed by atoms with E-state index in [-0.39, 0.29) is 24.0 Å². The number of hydrogen-bond donors (Lipinski definition) is 1. The van der Waals surface area contributed by atoms with E-state index in [1.807, 2.05) is 0 Å². The van der Waals surface area contributed by atoms with Gasteiger partial charge in [-0.15, -0.1) is 24.0 Å². The van der Waals surface area contributed by atoms with Gasteiger partial charge < -0.3 is 24.4 Å². The molecule has 7 heteroatoms. The van der Waals surface area contributed by atoms with Gasteiger partial charge in [-0.1, -0.05) is 0 Å². The quantitative estimate of drug-likeness (QED) is 0.218. The highest BCUT2D eigenvalue weighted by Gasteiger charge is 2.21. The molecule has 0 aromatic heterocycles. The molecule has 1 aliphatic carbocycles. The molecule has 0 radical (unpaired) electrons. The number of halogens is 1. The number of rotatable bonds is 11. The van der Waals surface area contributed by atoms with Crippen molar-refractivity contribution in [3.8, 4) is 0 Å². The van der Waals surface area contributed by atoms with Gasteiger partial charge in [0, 0.05) is 53.1 Å². The summed E-state index contributed by atoms with van der Waals surface area (Å²) in [6.45, 7) is 8.78. The second kappa shape index (κ2) is 14.0. The number of guanidine groups is 1. The Hall–Kier alpha value is -0.120. The Balaban J connectivity index is 0.00000312. The van der Waals surface area contributed by atoms with E-state index in [9.17, 15) is 0 Å². The monoisotopic (exact) mass is 469 g/mol. The van der Waals surface area contributed by atoms with Gasteiger partial charge in [0.1, 0.15) is 0 Å². The molecule has 1 saturated heterocycles. The van der Waals surface area contributed by atoms with Crippen LogP contribution in [0.1, 0.15) is 39.0 Å². The van der Waals surface area contributed by atoms with Gasteiger partial charge in [0.05, 0.1) is 12.7 Å². The van der Waals surface area contributed by atoms with Crippen LogP contribution >= 0.6 is 24.0 Å². The molecule has 0 spiro atoms. The Morgan fingerprint density at radius 2 is 1.96 bits per heavy atom. The Kier molecular flexibility index (Phi) is 12.8. The van der Waals surface area contributed by atoms with Gasteiger partial charge in [0.25, 0.3) is 0 Å². The van der Waals surface area contributed by atoms with E-state index in [0.29, 0.717) is 6.10 Å². The third-order valence-electron chi connectivity index (χ3n) is 4.40. The van der Waals surface area contributed by atoms with Crippen LogP contribution in [0.25, 0.3) is 0 Å². The van der Waals surface area contributed by atoms with Crippen molar-refractivity contribution in [3.05, 3.63) is 0 Å². The van der Waals surface area contributed by atoms with Crippen LogP contribution in [0.3, 0.4) is 0 Å². The molecule has 148 valence electrons. The number of hydrogen-bond acceptors (Lipinski definition) is 4. The van der Waals surface area contributed by atoms with Gasteiger partial charge in [-0.05, 0) is 44.9 Å². The molecule has 0 aromatic rings. The Labute approximate surface area is 170 Å².